The molecule has 1 aromatic heterocycles. The van der Waals surface area contributed by atoms with Gasteiger partial charge in [-0.25, -0.2) is 0 Å². The van der Waals surface area contributed by atoms with Crippen molar-refractivity contribution < 1.29 is 9.21 Å². The highest BCUT2D eigenvalue weighted by Crippen LogP contribution is 2.19. The zero-order chi connectivity index (χ0) is 18.1. The van der Waals surface area contributed by atoms with Gasteiger partial charge in [0, 0.05) is 37.9 Å². The van der Waals surface area contributed by atoms with Crippen molar-refractivity contribution in [3.63, 3.8) is 0 Å². The lowest BCUT2D eigenvalue weighted by molar-refractivity contribution is 0.0715. The SMILES string of the molecule is Cc1cccc(N2CCN(C(=O)c3cc(=O)c4ccccc4o3)CC2)c1. The van der Waals surface area contributed by atoms with Gasteiger partial charge in [0.1, 0.15) is 5.58 Å². The van der Waals surface area contributed by atoms with Gasteiger partial charge in [0.25, 0.3) is 5.91 Å². The standard InChI is InChI=1S/C21H20N2O3/c1-15-5-4-6-16(13-15)22-9-11-23(12-10-22)21(25)20-14-18(24)17-7-2-3-8-19(17)26-20/h2-8,13-14H,9-12H2,1H3. The summed E-state index contributed by atoms with van der Waals surface area (Å²) in [5.74, 6) is -0.116. The molecule has 0 N–H and O–H groups in total. The maximum Gasteiger partial charge on any atom is 0.289 e. The minimum Gasteiger partial charge on any atom is -0.451 e. The molecule has 1 aliphatic heterocycles. The highest BCUT2D eigenvalue weighted by Gasteiger charge is 2.24. The third kappa shape index (κ3) is 3.08. The minimum atomic E-state index is -0.225. The van der Waals surface area contributed by atoms with E-state index >= 15 is 0 Å². The van der Waals surface area contributed by atoms with Crippen LogP contribution in [0.25, 0.3) is 11.0 Å². The fourth-order valence-corrected chi connectivity index (χ4v) is 3.36. The molecule has 1 amide bonds. The van der Waals surface area contributed by atoms with Crippen LogP contribution in [0.3, 0.4) is 0 Å². The lowest BCUT2D eigenvalue weighted by Gasteiger charge is -2.36. The molecule has 0 spiro atoms. The smallest absolute Gasteiger partial charge is 0.289 e. The molecule has 4 rings (SSSR count). The van der Waals surface area contributed by atoms with E-state index in [0.29, 0.717) is 24.1 Å². The van der Waals surface area contributed by atoms with Crippen LogP contribution in [0.4, 0.5) is 5.69 Å². The number of nitrogens with zero attached hydrogens (tertiary/aromatic N) is 2. The van der Waals surface area contributed by atoms with E-state index in [1.165, 1.54) is 17.3 Å². The summed E-state index contributed by atoms with van der Waals surface area (Å²) in [5.41, 5.74) is 2.66. The molecule has 1 saturated heterocycles. The van der Waals surface area contributed by atoms with Gasteiger partial charge < -0.3 is 14.2 Å². The second-order valence-electron chi connectivity index (χ2n) is 6.59. The number of aryl methyl sites for hydroxylation is 1. The number of amides is 1. The van der Waals surface area contributed by atoms with Crippen LogP contribution in [0.2, 0.25) is 0 Å². The quantitative estimate of drug-likeness (QED) is 0.714. The first-order valence-electron chi connectivity index (χ1n) is 8.75. The van der Waals surface area contributed by atoms with Crippen molar-refractivity contribution in [1.29, 1.82) is 0 Å². The summed E-state index contributed by atoms with van der Waals surface area (Å²) < 4.78 is 5.68. The zero-order valence-electron chi connectivity index (χ0n) is 14.6. The van der Waals surface area contributed by atoms with Gasteiger partial charge in [-0.3, -0.25) is 9.59 Å². The molecule has 3 aromatic rings. The van der Waals surface area contributed by atoms with Gasteiger partial charge in [-0.2, -0.15) is 0 Å². The van der Waals surface area contributed by atoms with Crippen LogP contribution in [0.5, 0.6) is 0 Å². The summed E-state index contributed by atoms with van der Waals surface area (Å²) in [6.07, 6.45) is 0. The molecule has 132 valence electrons. The van der Waals surface area contributed by atoms with Crippen LogP contribution in [0, 0.1) is 6.92 Å². The van der Waals surface area contributed by atoms with E-state index in [-0.39, 0.29) is 17.1 Å². The number of piperazine rings is 1. The fourth-order valence-electron chi connectivity index (χ4n) is 3.36. The third-order valence-corrected chi connectivity index (χ3v) is 4.78. The largest absolute Gasteiger partial charge is 0.451 e. The van der Waals surface area contributed by atoms with E-state index in [2.05, 4.69) is 30.0 Å². The van der Waals surface area contributed by atoms with Crippen molar-refractivity contribution in [1.82, 2.24) is 4.90 Å². The average Bonchev–Trinajstić information content (AvgIpc) is 2.67. The van der Waals surface area contributed by atoms with Crippen molar-refractivity contribution in [2.45, 2.75) is 6.92 Å². The number of hydrogen-bond donors (Lipinski definition) is 0. The van der Waals surface area contributed by atoms with E-state index in [4.69, 9.17) is 4.42 Å². The van der Waals surface area contributed by atoms with Gasteiger partial charge in [-0.05, 0) is 36.8 Å². The average molecular weight is 348 g/mol. The Kier molecular flexibility index (Phi) is 4.21. The van der Waals surface area contributed by atoms with Crippen LogP contribution in [0.15, 0.2) is 63.8 Å². The molecule has 0 saturated carbocycles. The number of anilines is 1. The fraction of sp³-hybridized carbons (Fsp3) is 0.238. The molecule has 5 heteroatoms. The molecule has 1 fully saturated rings. The van der Waals surface area contributed by atoms with Gasteiger partial charge in [0.2, 0.25) is 0 Å². The van der Waals surface area contributed by atoms with Crippen molar-refractivity contribution >= 4 is 22.6 Å². The third-order valence-electron chi connectivity index (χ3n) is 4.78. The van der Waals surface area contributed by atoms with E-state index in [9.17, 15) is 9.59 Å². The van der Waals surface area contributed by atoms with Crippen LogP contribution in [-0.2, 0) is 0 Å². The predicted octanol–water partition coefficient (Wildman–Crippen LogP) is 3.06. The molecule has 0 aliphatic carbocycles. The van der Waals surface area contributed by atoms with E-state index in [0.717, 1.165) is 13.1 Å². The Morgan fingerprint density at radius 3 is 2.50 bits per heavy atom. The maximum absolute atomic E-state index is 12.8. The van der Waals surface area contributed by atoms with Crippen molar-refractivity contribution in [3.8, 4) is 0 Å². The molecule has 5 nitrogen and oxygen atoms in total. The van der Waals surface area contributed by atoms with Crippen molar-refractivity contribution in [3.05, 3.63) is 76.1 Å². The molecule has 0 bridgehead atoms. The van der Waals surface area contributed by atoms with Crippen LogP contribution in [0.1, 0.15) is 16.1 Å². The second kappa shape index (κ2) is 6.67. The van der Waals surface area contributed by atoms with Gasteiger partial charge in [0.15, 0.2) is 11.2 Å². The monoisotopic (exact) mass is 348 g/mol. The summed E-state index contributed by atoms with van der Waals surface area (Å²) in [6, 6.07) is 16.7. The number of carbonyl (C=O) groups excluding carboxylic acids is 1. The second-order valence-corrected chi connectivity index (χ2v) is 6.59. The summed E-state index contributed by atoms with van der Waals surface area (Å²) in [5, 5.41) is 0.494. The number of benzene rings is 2. The molecular formula is C21H20N2O3. The van der Waals surface area contributed by atoms with Gasteiger partial charge >= 0.3 is 0 Å². The van der Waals surface area contributed by atoms with Gasteiger partial charge in [-0.1, -0.05) is 24.3 Å². The Morgan fingerprint density at radius 2 is 1.73 bits per heavy atom. The minimum absolute atomic E-state index is 0.109. The Morgan fingerprint density at radius 1 is 0.962 bits per heavy atom. The molecule has 0 radical (unpaired) electrons. The predicted molar refractivity (Wildman–Crippen MR) is 102 cm³/mol. The van der Waals surface area contributed by atoms with E-state index < -0.39 is 0 Å². The van der Waals surface area contributed by atoms with Crippen molar-refractivity contribution in [2.75, 3.05) is 31.1 Å². The van der Waals surface area contributed by atoms with Crippen LogP contribution < -0.4 is 10.3 Å². The summed E-state index contributed by atoms with van der Waals surface area (Å²) >= 11 is 0. The first-order chi connectivity index (χ1) is 12.6. The Bertz CT molecular complexity index is 1020. The number of hydrogen-bond acceptors (Lipinski definition) is 4. The zero-order valence-corrected chi connectivity index (χ0v) is 14.6. The van der Waals surface area contributed by atoms with E-state index in [1.54, 1.807) is 29.2 Å². The van der Waals surface area contributed by atoms with Gasteiger partial charge in [0.05, 0.1) is 5.39 Å². The summed E-state index contributed by atoms with van der Waals surface area (Å²) in [7, 11) is 0. The normalized spacial score (nSPS) is 14.7. The molecule has 0 atom stereocenters. The summed E-state index contributed by atoms with van der Waals surface area (Å²) in [4.78, 5) is 29.0. The lowest BCUT2D eigenvalue weighted by Crippen LogP contribution is -2.48. The highest BCUT2D eigenvalue weighted by atomic mass is 16.3. The Labute approximate surface area is 151 Å². The molecule has 2 aromatic carbocycles. The molecule has 26 heavy (non-hydrogen) atoms. The molecule has 1 aliphatic rings. The van der Waals surface area contributed by atoms with Gasteiger partial charge in [-0.15, -0.1) is 0 Å². The summed E-state index contributed by atoms with van der Waals surface area (Å²) in [6.45, 7) is 4.79. The molecule has 2 heterocycles. The van der Waals surface area contributed by atoms with Crippen LogP contribution in [-0.4, -0.2) is 37.0 Å². The van der Waals surface area contributed by atoms with Crippen LogP contribution >= 0.6 is 0 Å². The number of carbonyl (C=O) groups is 1. The molecular weight excluding hydrogens is 328 g/mol. The Hall–Kier alpha value is -3.08. The highest BCUT2D eigenvalue weighted by molar-refractivity contribution is 5.93. The molecule has 0 unspecified atom stereocenters. The maximum atomic E-state index is 12.8. The van der Waals surface area contributed by atoms with Crippen molar-refractivity contribution in [2.24, 2.45) is 0 Å². The lowest BCUT2D eigenvalue weighted by atomic mass is 10.2. The topological polar surface area (TPSA) is 53.8 Å². The first kappa shape index (κ1) is 16.4. The number of para-hydroxylation sites is 1. The number of rotatable bonds is 2. The number of fused-ring (bicyclic) bond motifs is 1. The Balaban J connectivity index is 1.51. The van der Waals surface area contributed by atoms with E-state index in [1.807, 2.05) is 6.07 Å². The first-order valence-corrected chi connectivity index (χ1v) is 8.75.